The van der Waals surface area contributed by atoms with E-state index in [-0.39, 0.29) is 18.1 Å². The fraction of sp³-hybridized carbons (Fsp3) is 0.286. The maximum Gasteiger partial charge on any atom is 0.358 e. The Hall–Kier alpha value is -3.10. The summed E-state index contributed by atoms with van der Waals surface area (Å²) in [5, 5.41) is 15.9. The van der Waals surface area contributed by atoms with Gasteiger partial charge in [-0.15, -0.1) is 5.10 Å². The van der Waals surface area contributed by atoms with Gasteiger partial charge in [-0.25, -0.2) is 9.48 Å². The van der Waals surface area contributed by atoms with Crippen LogP contribution in [0.1, 0.15) is 10.5 Å². The van der Waals surface area contributed by atoms with Crippen LogP contribution in [0.5, 0.6) is 11.5 Å². The number of ether oxygens (including phenoxy) is 2. The van der Waals surface area contributed by atoms with E-state index >= 15 is 0 Å². The smallest absolute Gasteiger partial charge is 0.358 e. The molecule has 2 aromatic rings. The van der Waals surface area contributed by atoms with Gasteiger partial charge in [0.05, 0.1) is 26.1 Å². The fourth-order valence-electron chi connectivity index (χ4n) is 1.91. The highest BCUT2D eigenvalue weighted by atomic mass is 16.5. The number of nitrogens with zero attached hydrogens (tertiary/aromatic N) is 4. The third-order valence-corrected chi connectivity index (χ3v) is 3.18. The molecular weight excluding hydrogens is 304 g/mol. The number of carboxylic acids is 1. The van der Waals surface area contributed by atoms with Crippen molar-refractivity contribution in [3.8, 4) is 11.5 Å². The average molecular weight is 320 g/mol. The molecule has 0 saturated carbocycles. The number of anilines is 1. The van der Waals surface area contributed by atoms with Crippen LogP contribution in [-0.2, 0) is 11.3 Å². The monoisotopic (exact) mass is 320 g/mol. The summed E-state index contributed by atoms with van der Waals surface area (Å²) in [5.74, 6) is -0.428. The first-order valence-corrected chi connectivity index (χ1v) is 6.58. The molecule has 0 spiro atoms. The van der Waals surface area contributed by atoms with Crippen LogP contribution in [0.4, 0.5) is 5.69 Å². The fourth-order valence-corrected chi connectivity index (χ4v) is 1.91. The van der Waals surface area contributed by atoms with Crippen molar-refractivity contribution in [2.75, 3.05) is 26.2 Å². The van der Waals surface area contributed by atoms with Gasteiger partial charge < -0.3 is 19.5 Å². The largest absolute Gasteiger partial charge is 0.497 e. The summed E-state index contributed by atoms with van der Waals surface area (Å²) in [7, 11) is 4.61. The Bertz CT molecular complexity index is 728. The first-order valence-electron chi connectivity index (χ1n) is 6.58. The molecule has 0 fully saturated rings. The predicted octanol–water partition coefficient (Wildman–Crippen LogP) is 0.656. The maximum atomic E-state index is 12.3. The summed E-state index contributed by atoms with van der Waals surface area (Å²) in [6.07, 6.45) is 1.19. The molecule has 0 unspecified atom stereocenters. The van der Waals surface area contributed by atoms with E-state index in [1.807, 2.05) is 0 Å². The third kappa shape index (κ3) is 3.57. The van der Waals surface area contributed by atoms with Gasteiger partial charge in [0.2, 0.25) is 5.91 Å². The highest BCUT2D eigenvalue weighted by molar-refractivity contribution is 5.94. The average Bonchev–Trinajstić information content (AvgIpc) is 3.02. The second kappa shape index (κ2) is 6.77. The van der Waals surface area contributed by atoms with Gasteiger partial charge in [-0.2, -0.15) is 0 Å². The van der Waals surface area contributed by atoms with Gasteiger partial charge in [0.25, 0.3) is 0 Å². The van der Waals surface area contributed by atoms with E-state index in [1.165, 1.54) is 25.3 Å². The molecule has 0 radical (unpaired) electrons. The minimum atomic E-state index is -1.20. The lowest BCUT2D eigenvalue weighted by atomic mass is 10.2. The SMILES string of the molecule is COc1ccc(N(C)C(=O)Cn2cc(C(=O)O)nn2)c(OC)c1. The van der Waals surface area contributed by atoms with E-state index in [9.17, 15) is 9.59 Å². The van der Waals surface area contributed by atoms with Gasteiger partial charge in [-0.1, -0.05) is 5.21 Å². The first kappa shape index (κ1) is 16.3. The molecule has 9 nitrogen and oxygen atoms in total. The van der Waals surface area contributed by atoms with Crippen LogP contribution in [0.3, 0.4) is 0 Å². The number of rotatable bonds is 6. The highest BCUT2D eigenvalue weighted by Crippen LogP contribution is 2.31. The number of likely N-dealkylation sites (N-methyl/N-ethyl adjacent to an activating group) is 1. The van der Waals surface area contributed by atoms with Gasteiger partial charge in [-0.05, 0) is 12.1 Å². The van der Waals surface area contributed by atoms with Crippen molar-refractivity contribution in [1.29, 1.82) is 0 Å². The molecule has 122 valence electrons. The van der Waals surface area contributed by atoms with Crippen LogP contribution in [0, 0.1) is 0 Å². The number of hydrogen-bond donors (Lipinski definition) is 1. The molecule has 1 heterocycles. The van der Waals surface area contributed by atoms with Gasteiger partial charge in [0.1, 0.15) is 18.0 Å². The zero-order chi connectivity index (χ0) is 17.0. The van der Waals surface area contributed by atoms with E-state index in [0.29, 0.717) is 17.2 Å². The van der Waals surface area contributed by atoms with Crippen LogP contribution < -0.4 is 14.4 Å². The van der Waals surface area contributed by atoms with Crippen molar-refractivity contribution in [3.05, 3.63) is 30.1 Å². The molecule has 9 heteroatoms. The normalized spacial score (nSPS) is 10.2. The van der Waals surface area contributed by atoms with E-state index in [0.717, 1.165) is 4.68 Å². The van der Waals surface area contributed by atoms with E-state index in [1.54, 1.807) is 25.2 Å². The van der Waals surface area contributed by atoms with Crippen LogP contribution in [0.25, 0.3) is 0 Å². The molecule has 0 aliphatic carbocycles. The molecule has 0 saturated heterocycles. The van der Waals surface area contributed by atoms with E-state index in [4.69, 9.17) is 14.6 Å². The van der Waals surface area contributed by atoms with Crippen LogP contribution >= 0.6 is 0 Å². The van der Waals surface area contributed by atoms with Gasteiger partial charge in [0, 0.05) is 13.1 Å². The number of aromatic carboxylic acids is 1. The highest BCUT2D eigenvalue weighted by Gasteiger charge is 2.18. The third-order valence-electron chi connectivity index (χ3n) is 3.18. The van der Waals surface area contributed by atoms with Crippen molar-refractivity contribution < 1.29 is 24.2 Å². The van der Waals surface area contributed by atoms with Gasteiger partial charge >= 0.3 is 5.97 Å². The second-order valence-electron chi connectivity index (χ2n) is 4.60. The number of benzene rings is 1. The molecule has 0 atom stereocenters. The molecule has 2 rings (SSSR count). The van der Waals surface area contributed by atoms with Crippen molar-refractivity contribution in [3.63, 3.8) is 0 Å². The predicted molar refractivity (Wildman–Crippen MR) is 79.9 cm³/mol. The number of carbonyl (C=O) groups is 2. The zero-order valence-electron chi connectivity index (χ0n) is 12.9. The summed E-state index contributed by atoms with van der Waals surface area (Å²) in [6.45, 7) is -0.147. The number of aromatic nitrogens is 3. The molecule has 1 amide bonds. The summed E-state index contributed by atoms with van der Waals surface area (Å²) in [6, 6.07) is 5.07. The van der Waals surface area contributed by atoms with Gasteiger partial charge in [0.15, 0.2) is 5.69 Å². The minimum Gasteiger partial charge on any atom is -0.497 e. The standard InChI is InChI=1S/C14H16N4O5/c1-17(11-5-4-9(22-2)6-12(11)23-3)13(19)8-18-7-10(14(20)21)15-16-18/h4-7H,8H2,1-3H3,(H,20,21). The Morgan fingerprint density at radius 2 is 2.04 bits per heavy atom. The Morgan fingerprint density at radius 3 is 2.61 bits per heavy atom. The van der Waals surface area contributed by atoms with Crippen molar-refractivity contribution in [1.82, 2.24) is 15.0 Å². The number of methoxy groups -OCH3 is 2. The number of hydrogen-bond acceptors (Lipinski definition) is 6. The molecular formula is C14H16N4O5. The van der Waals surface area contributed by atoms with Crippen molar-refractivity contribution >= 4 is 17.6 Å². The Kier molecular flexibility index (Phi) is 4.79. The summed E-state index contributed by atoms with van der Waals surface area (Å²) in [5.41, 5.74) is 0.333. The van der Waals surface area contributed by atoms with Gasteiger partial charge in [-0.3, -0.25) is 4.79 Å². The Morgan fingerprint density at radius 1 is 1.30 bits per heavy atom. The van der Waals surface area contributed by atoms with Crippen molar-refractivity contribution in [2.45, 2.75) is 6.54 Å². The Balaban J connectivity index is 2.17. The number of carbonyl (C=O) groups excluding carboxylic acids is 1. The lowest BCUT2D eigenvalue weighted by Crippen LogP contribution is -2.30. The van der Waals surface area contributed by atoms with E-state index < -0.39 is 5.97 Å². The number of amides is 1. The molecule has 1 aromatic heterocycles. The molecule has 0 aliphatic rings. The van der Waals surface area contributed by atoms with Crippen molar-refractivity contribution in [2.24, 2.45) is 0 Å². The molecule has 23 heavy (non-hydrogen) atoms. The molecule has 1 N–H and O–H groups in total. The van der Waals surface area contributed by atoms with Crippen LogP contribution in [0.2, 0.25) is 0 Å². The Labute approximate surface area is 132 Å². The minimum absolute atomic E-state index is 0.147. The van der Waals surface area contributed by atoms with E-state index in [2.05, 4.69) is 10.3 Å². The molecule has 0 bridgehead atoms. The quantitative estimate of drug-likeness (QED) is 0.833. The number of carboxylic acid groups (broad SMARTS) is 1. The maximum absolute atomic E-state index is 12.3. The van der Waals surface area contributed by atoms with Crippen LogP contribution in [0.15, 0.2) is 24.4 Å². The molecule has 0 aliphatic heterocycles. The summed E-state index contributed by atoms with van der Waals surface area (Å²) >= 11 is 0. The van der Waals surface area contributed by atoms with Crippen LogP contribution in [-0.4, -0.2) is 53.2 Å². The second-order valence-corrected chi connectivity index (χ2v) is 4.60. The topological polar surface area (TPSA) is 107 Å². The lowest BCUT2D eigenvalue weighted by Gasteiger charge is -2.20. The zero-order valence-corrected chi connectivity index (χ0v) is 12.9. The summed E-state index contributed by atoms with van der Waals surface area (Å²) < 4.78 is 11.5. The molecule has 1 aromatic carbocycles. The first-order chi connectivity index (χ1) is 11.0. The summed E-state index contributed by atoms with van der Waals surface area (Å²) in [4.78, 5) is 24.5. The lowest BCUT2D eigenvalue weighted by molar-refractivity contribution is -0.119.